The molecule has 3 nitrogen and oxygen atoms in total. The normalized spacial score (nSPS) is 23.2. The Balaban J connectivity index is 2.35. The first-order chi connectivity index (χ1) is 7.25. The molecule has 1 unspecified atom stereocenters. The lowest BCUT2D eigenvalue weighted by atomic mass is 9.90. The molecule has 0 amide bonds. The van der Waals surface area contributed by atoms with Crippen molar-refractivity contribution in [3.05, 3.63) is 47.5 Å². The molecule has 0 aromatic heterocycles. The van der Waals surface area contributed by atoms with Gasteiger partial charge in [0.2, 0.25) is 0 Å². The molecule has 0 bridgehead atoms. The van der Waals surface area contributed by atoms with Gasteiger partial charge in [0.15, 0.2) is 0 Å². The third-order valence-electron chi connectivity index (χ3n) is 2.72. The van der Waals surface area contributed by atoms with Gasteiger partial charge in [-0.3, -0.25) is 4.79 Å². The fourth-order valence-electron chi connectivity index (χ4n) is 1.83. The van der Waals surface area contributed by atoms with Gasteiger partial charge in [-0.25, -0.2) is 0 Å². The standard InChI is InChI=1S/C12H12O3/c1-15-11(14)12(7-10(12)8-13)9-5-3-2-4-6-9/h2-7,13H,8H2,1H3. The second-order valence-electron chi connectivity index (χ2n) is 3.49. The maximum absolute atomic E-state index is 11.7. The fraction of sp³-hybridized carbons (Fsp3) is 0.250. The summed E-state index contributed by atoms with van der Waals surface area (Å²) in [4.78, 5) is 11.7. The summed E-state index contributed by atoms with van der Waals surface area (Å²) >= 11 is 0. The Morgan fingerprint density at radius 1 is 1.40 bits per heavy atom. The van der Waals surface area contributed by atoms with E-state index in [0.29, 0.717) is 5.57 Å². The number of methoxy groups -OCH3 is 1. The highest BCUT2D eigenvalue weighted by atomic mass is 16.5. The monoisotopic (exact) mass is 204 g/mol. The minimum absolute atomic E-state index is 0.107. The van der Waals surface area contributed by atoms with Crippen LogP contribution in [0.3, 0.4) is 0 Å². The first-order valence-corrected chi connectivity index (χ1v) is 4.72. The topological polar surface area (TPSA) is 46.5 Å². The van der Waals surface area contributed by atoms with Gasteiger partial charge in [-0.1, -0.05) is 36.4 Å². The Labute approximate surface area is 88.0 Å². The van der Waals surface area contributed by atoms with Gasteiger partial charge in [0, 0.05) is 0 Å². The zero-order valence-electron chi connectivity index (χ0n) is 8.43. The van der Waals surface area contributed by atoms with E-state index >= 15 is 0 Å². The van der Waals surface area contributed by atoms with Crippen molar-refractivity contribution in [3.8, 4) is 0 Å². The van der Waals surface area contributed by atoms with Gasteiger partial charge in [0.1, 0.15) is 5.41 Å². The third kappa shape index (κ3) is 1.36. The number of carbonyl (C=O) groups is 1. The number of hydrogen-bond acceptors (Lipinski definition) is 3. The summed E-state index contributed by atoms with van der Waals surface area (Å²) in [6.07, 6.45) is 1.74. The minimum atomic E-state index is -0.801. The largest absolute Gasteiger partial charge is 0.468 e. The molecule has 1 aromatic carbocycles. The van der Waals surface area contributed by atoms with Crippen molar-refractivity contribution in [2.24, 2.45) is 0 Å². The molecule has 1 N–H and O–H groups in total. The van der Waals surface area contributed by atoms with Crippen molar-refractivity contribution < 1.29 is 14.6 Å². The van der Waals surface area contributed by atoms with Crippen molar-refractivity contribution in [3.63, 3.8) is 0 Å². The smallest absolute Gasteiger partial charge is 0.324 e. The third-order valence-corrected chi connectivity index (χ3v) is 2.72. The van der Waals surface area contributed by atoms with Gasteiger partial charge in [-0.2, -0.15) is 0 Å². The number of rotatable bonds is 3. The van der Waals surface area contributed by atoms with Gasteiger partial charge < -0.3 is 9.84 Å². The van der Waals surface area contributed by atoms with Crippen LogP contribution in [0.5, 0.6) is 0 Å². The van der Waals surface area contributed by atoms with Crippen molar-refractivity contribution >= 4 is 5.97 Å². The molecule has 78 valence electrons. The minimum Gasteiger partial charge on any atom is -0.468 e. The van der Waals surface area contributed by atoms with Crippen LogP contribution in [0.15, 0.2) is 42.0 Å². The van der Waals surface area contributed by atoms with E-state index in [9.17, 15) is 4.79 Å². The Morgan fingerprint density at radius 3 is 2.53 bits per heavy atom. The predicted octanol–water partition coefficient (Wildman–Crippen LogP) is 1.03. The Bertz CT molecular complexity index is 408. The second-order valence-corrected chi connectivity index (χ2v) is 3.49. The van der Waals surface area contributed by atoms with E-state index in [1.807, 2.05) is 30.3 Å². The van der Waals surface area contributed by atoms with E-state index in [0.717, 1.165) is 5.56 Å². The highest BCUT2D eigenvalue weighted by Gasteiger charge is 2.52. The highest BCUT2D eigenvalue weighted by Crippen LogP contribution is 2.47. The molecule has 1 atom stereocenters. The quantitative estimate of drug-likeness (QED) is 0.591. The number of esters is 1. The lowest BCUT2D eigenvalue weighted by Gasteiger charge is -2.15. The molecule has 0 heterocycles. The van der Waals surface area contributed by atoms with E-state index in [1.165, 1.54) is 7.11 Å². The van der Waals surface area contributed by atoms with Crippen LogP contribution in [-0.2, 0) is 14.9 Å². The number of benzene rings is 1. The van der Waals surface area contributed by atoms with Crippen molar-refractivity contribution in [1.29, 1.82) is 0 Å². The molecule has 0 aliphatic heterocycles. The van der Waals surface area contributed by atoms with Gasteiger partial charge in [0.25, 0.3) is 0 Å². The summed E-state index contributed by atoms with van der Waals surface area (Å²) in [5, 5.41) is 9.07. The Morgan fingerprint density at radius 2 is 2.07 bits per heavy atom. The van der Waals surface area contributed by atoms with E-state index in [1.54, 1.807) is 6.08 Å². The van der Waals surface area contributed by atoms with Crippen LogP contribution in [0.25, 0.3) is 0 Å². The molecule has 15 heavy (non-hydrogen) atoms. The summed E-state index contributed by atoms with van der Waals surface area (Å²) < 4.78 is 4.76. The van der Waals surface area contributed by atoms with Crippen LogP contribution < -0.4 is 0 Å². The molecular formula is C12H12O3. The molecule has 0 fully saturated rings. The molecule has 1 aliphatic carbocycles. The van der Waals surface area contributed by atoms with Gasteiger partial charge in [0.05, 0.1) is 13.7 Å². The molecular weight excluding hydrogens is 192 g/mol. The zero-order chi connectivity index (χ0) is 10.9. The first-order valence-electron chi connectivity index (χ1n) is 4.72. The summed E-state index contributed by atoms with van der Waals surface area (Å²) in [6.45, 7) is -0.107. The fourth-order valence-corrected chi connectivity index (χ4v) is 1.83. The highest BCUT2D eigenvalue weighted by molar-refractivity contribution is 5.96. The number of hydrogen-bond donors (Lipinski definition) is 1. The molecule has 2 rings (SSSR count). The number of aliphatic hydroxyl groups is 1. The lowest BCUT2D eigenvalue weighted by molar-refractivity contribution is -0.143. The summed E-state index contributed by atoms with van der Waals surface area (Å²) in [5.74, 6) is -0.335. The SMILES string of the molecule is COC(=O)C1(c2ccccc2)C=C1CO. The zero-order valence-corrected chi connectivity index (χ0v) is 8.43. The second kappa shape index (κ2) is 3.51. The van der Waals surface area contributed by atoms with Crippen LogP contribution in [0, 0.1) is 0 Å². The van der Waals surface area contributed by atoms with Gasteiger partial charge >= 0.3 is 5.97 Å². The van der Waals surface area contributed by atoms with Crippen LogP contribution in [0.1, 0.15) is 5.56 Å². The first kappa shape index (κ1) is 9.93. The van der Waals surface area contributed by atoms with Crippen molar-refractivity contribution in [2.75, 3.05) is 13.7 Å². The Kier molecular flexibility index (Phi) is 2.32. The molecule has 0 radical (unpaired) electrons. The molecule has 0 saturated carbocycles. The molecule has 1 aliphatic rings. The summed E-state index contributed by atoms with van der Waals surface area (Å²) in [5.41, 5.74) is 0.756. The van der Waals surface area contributed by atoms with Gasteiger partial charge in [-0.15, -0.1) is 0 Å². The van der Waals surface area contributed by atoms with Gasteiger partial charge in [-0.05, 0) is 11.1 Å². The maximum atomic E-state index is 11.7. The Hall–Kier alpha value is -1.61. The number of ether oxygens (including phenoxy) is 1. The van der Waals surface area contributed by atoms with Crippen LogP contribution >= 0.6 is 0 Å². The van der Waals surface area contributed by atoms with Crippen LogP contribution in [-0.4, -0.2) is 24.8 Å². The average molecular weight is 204 g/mol. The van der Waals surface area contributed by atoms with Crippen molar-refractivity contribution in [1.82, 2.24) is 0 Å². The summed E-state index contributed by atoms with van der Waals surface area (Å²) in [7, 11) is 1.36. The van der Waals surface area contributed by atoms with E-state index in [4.69, 9.17) is 9.84 Å². The molecule has 3 heteroatoms. The lowest BCUT2D eigenvalue weighted by Crippen LogP contribution is -2.26. The summed E-state index contributed by atoms with van der Waals surface area (Å²) in [6, 6.07) is 9.32. The average Bonchev–Trinajstić information content (AvgIpc) is 3.05. The van der Waals surface area contributed by atoms with Crippen LogP contribution in [0.4, 0.5) is 0 Å². The predicted molar refractivity (Wildman–Crippen MR) is 55.3 cm³/mol. The molecule has 1 aromatic rings. The molecule has 0 spiro atoms. The van der Waals surface area contributed by atoms with E-state index in [-0.39, 0.29) is 12.6 Å². The molecule has 0 saturated heterocycles. The number of aliphatic hydroxyl groups excluding tert-OH is 1. The number of carbonyl (C=O) groups excluding carboxylic acids is 1. The maximum Gasteiger partial charge on any atom is 0.324 e. The van der Waals surface area contributed by atoms with Crippen molar-refractivity contribution in [2.45, 2.75) is 5.41 Å². The van der Waals surface area contributed by atoms with E-state index in [2.05, 4.69) is 0 Å². The van der Waals surface area contributed by atoms with E-state index < -0.39 is 5.41 Å². The van der Waals surface area contributed by atoms with Crippen LogP contribution in [0.2, 0.25) is 0 Å².